The monoisotopic (exact) mass is 484 g/mol. The second-order valence-electron chi connectivity index (χ2n) is 10.3. The molecule has 0 radical (unpaired) electrons. The predicted octanol–water partition coefficient (Wildman–Crippen LogP) is 4.87. The molecule has 0 spiro atoms. The lowest BCUT2D eigenvalue weighted by atomic mass is 9.94. The van der Waals surface area contributed by atoms with Crippen molar-refractivity contribution in [3.05, 3.63) is 24.0 Å². The summed E-state index contributed by atoms with van der Waals surface area (Å²) in [5.74, 6) is -1.53. The summed E-state index contributed by atoms with van der Waals surface area (Å²) < 4.78 is 57.9. The van der Waals surface area contributed by atoms with Crippen molar-refractivity contribution in [2.45, 2.75) is 77.2 Å². The lowest BCUT2D eigenvalue weighted by molar-refractivity contribution is -0.0285. The van der Waals surface area contributed by atoms with Crippen LogP contribution in [-0.4, -0.2) is 48.6 Å². The van der Waals surface area contributed by atoms with Crippen LogP contribution in [0.1, 0.15) is 65.1 Å². The van der Waals surface area contributed by atoms with Crippen molar-refractivity contribution in [1.29, 1.82) is 0 Å². The predicted molar refractivity (Wildman–Crippen MR) is 125 cm³/mol. The number of halogens is 2. The molecule has 1 aromatic carbocycles. The number of hydroxylamine groups is 1. The van der Waals surface area contributed by atoms with Crippen LogP contribution in [0, 0.1) is 5.92 Å². The molecule has 4 rings (SSSR count). The van der Waals surface area contributed by atoms with E-state index in [2.05, 4.69) is 25.3 Å². The van der Waals surface area contributed by atoms with Gasteiger partial charge in [-0.05, 0) is 49.8 Å². The second-order valence-corrected chi connectivity index (χ2v) is 12.2. The molecule has 0 bridgehead atoms. The number of imidazole rings is 1. The van der Waals surface area contributed by atoms with Gasteiger partial charge in [0.25, 0.3) is 0 Å². The zero-order valence-corrected chi connectivity index (χ0v) is 20.7. The second kappa shape index (κ2) is 8.78. The first kappa shape index (κ1) is 24.3. The summed E-state index contributed by atoms with van der Waals surface area (Å²) in [6, 6.07) is 5.42. The van der Waals surface area contributed by atoms with E-state index in [1.807, 2.05) is 6.07 Å². The Labute approximate surface area is 194 Å². The highest BCUT2D eigenvalue weighted by atomic mass is 32.2. The Morgan fingerprint density at radius 3 is 2.64 bits per heavy atom. The number of hydrogen-bond donors (Lipinski definition) is 0. The van der Waals surface area contributed by atoms with Crippen molar-refractivity contribution in [2.24, 2.45) is 5.92 Å². The minimum absolute atomic E-state index is 0.0365. The normalized spacial score (nSPS) is 22.5. The summed E-state index contributed by atoms with van der Waals surface area (Å²) >= 11 is 0. The van der Waals surface area contributed by atoms with Crippen molar-refractivity contribution < 1.29 is 22.0 Å². The first-order valence-corrected chi connectivity index (χ1v) is 13.1. The molecule has 1 unspecified atom stereocenters. The molecule has 1 aromatic heterocycles. The van der Waals surface area contributed by atoms with Crippen molar-refractivity contribution in [2.75, 3.05) is 24.5 Å². The molecule has 7 nitrogen and oxygen atoms in total. The van der Waals surface area contributed by atoms with Crippen LogP contribution in [0.2, 0.25) is 0 Å². The molecule has 10 heteroatoms. The molecule has 2 aromatic rings. The highest BCUT2D eigenvalue weighted by Crippen LogP contribution is 2.37. The molecule has 2 fully saturated rings. The van der Waals surface area contributed by atoms with Crippen molar-refractivity contribution in [3.63, 3.8) is 0 Å². The molecule has 1 atom stereocenters. The van der Waals surface area contributed by atoms with E-state index < -0.39 is 16.1 Å². The Morgan fingerprint density at radius 2 is 1.97 bits per heavy atom. The third-order valence-corrected chi connectivity index (χ3v) is 8.31. The van der Waals surface area contributed by atoms with Crippen molar-refractivity contribution in [3.8, 4) is 0 Å². The number of benzene rings is 1. The van der Waals surface area contributed by atoms with Gasteiger partial charge in [-0.15, -0.1) is 0 Å². The summed E-state index contributed by atoms with van der Waals surface area (Å²) in [7, 11) is -2.29. The van der Waals surface area contributed by atoms with E-state index in [4.69, 9.17) is 9.82 Å². The van der Waals surface area contributed by atoms with E-state index in [0.29, 0.717) is 50.2 Å². The van der Waals surface area contributed by atoms with Crippen molar-refractivity contribution >= 4 is 26.9 Å². The van der Waals surface area contributed by atoms with E-state index in [0.717, 1.165) is 22.2 Å². The molecule has 2 aliphatic rings. The molecule has 1 aliphatic heterocycles. The van der Waals surface area contributed by atoms with Gasteiger partial charge in [0.2, 0.25) is 5.92 Å². The van der Waals surface area contributed by atoms with Gasteiger partial charge < -0.3 is 4.57 Å². The summed E-state index contributed by atoms with van der Waals surface area (Å²) in [5, 5.41) is 0. The average Bonchev–Trinajstić information content (AvgIpc) is 3.36. The maximum atomic E-state index is 13.9. The highest BCUT2D eigenvalue weighted by molar-refractivity contribution is 7.90. The van der Waals surface area contributed by atoms with Crippen molar-refractivity contribution in [1.82, 2.24) is 14.0 Å². The van der Waals surface area contributed by atoms with Gasteiger partial charge in [0, 0.05) is 38.4 Å². The number of alkyl halides is 2. The minimum atomic E-state index is -3.79. The largest absolute Gasteiger partial charge is 0.327 e. The first-order valence-electron chi connectivity index (χ1n) is 11.7. The van der Waals surface area contributed by atoms with Gasteiger partial charge in [0.05, 0.1) is 23.3 Å². The van der Waals surface area contributed by atoms with Crippen LogP contribution in [0.5, 0.6) is 0 Å². The molecule has 1 aliphatic carbocycles. The van der Waals surface area contributed by atoms with Gasteiger partial charge in [-0.1, -0.05) is 25.2 Å². The van der Waals surface area contributed by atoms with Gasteiger partial charge in [-0.25, -0.2) is 13.8 Å². The number of hydrogen-bond acceptors (Lipinski definition) is 4. The Kier molecular flexibility index (Phi) is 6.48. The molecule has 0 amide bonds. The lowest BCUT2D eigenvalue weighted by Crippen LogP contribution is -2.39. The molecule has 1 saturated heterocycles. The smallest absolute Gasteiger partial charge is 0.326 e. The topological polar surface area (TPSA) is 67.7 Å². The first-order chi connectivity index (χ1) is 15.4. The van der Waals surface area contributed by atoms with Crippen LogP contribution in [0.25, 0.3) is 11.0 Å². The Balaban J connectivity index is 1.67. The number of rotatable bonds is 5. The van der Waals surface area contributed by atoms with E-state index >= 15 is 0 Å². The summed E-state index contributed by atoms with van der Waals surface area (Å²) in [5.41, 5.74) is 1.83. The number of anilines is 1. The average molecular weight is 485 g/mol. The Hall–Kier alpha value is -1.78. The third kappa shape index (κ3) is 5.02. The summed E-state index contributed by atoms with van der Waals surface area (Å²) in [6.07, 6.45) is 2.35. The maximum Gasteiger partial charge on any atom is 0.326 e. The van der Waals surface area contributed by atoms with E-state index in [9.17, 15) is 17.2 Å². The Morgan fingerprint density at radius 1 is 1.21 bits per heavy atom. The van der Waals surface area contributed by atoms with E-state index in [1.165, 1.54) is 11.4 Å². The van der Waals surface area contributed by atoms with E-state index in [-0.39, 0.29) is 24.2 Å². The summed E-state index contributed by atoms with van der Waals surface area (Å²) in [6.45, 7) is 7.58. The fourth-order valence-corrected chi connectivity index (χ4v) is 5.94. The molecule has 1 saturated carbocycles. The molecule has 33 heavy (non-hydrogen) atoms. The molecule has 184 valence electrons. The van der Waals surface area contributed by atoms with Crippen LogP contribution in [0.15, 0.2) is 18.2 Å². The highest BCUT2D eigenvalue weighted by Gasteiger charge is 2.34. The van der Waals surface area contributed by atoms with Crippen LogP contribution in [-0.2, 0) is 27.0 Å². The zero-order valence-electron chi connectivity index (χ0n) is 19.9. The summed E-state index contributed by atoms with van der Waals surface area (Å²) in [4.78, 5) is 10.1. The van der Waals surface area contributed by atoms with Gasteiger partial charge in [-0.3, -0.25) is 9.14 Å². The fourth-order valence-electron chi connectivity index (χ4n) is 4.72. The van der Waals surface area contributed by atoms with Crippen LogP contribution < -0.4 is 4.31 Å². The van der Waals surface area contributed by atoms with Gasteiger partial charge >= 0.3 is 10.2 Å². The van der Waals surface area contributed by atoms with Gasteiger partial charge in [0.15, 0.2) is 0 Å². The fraction of sp³-hybridized carbons (Fsp3) is 0.696. The molecular formula is C23H34F2N4O3S. The maximum absolute atomic E-state index is 13.9. The minimum Gasteiger partial charge on any atom is -0.327 e. The lowest BCUT2D eigenvalue weighted by Gasteiger charge is -2.24. The van der Waals surface area contributed by atoms with Crippen LogP contribution in [0.3, 0.4) is 0 Å². The third-order valence-electron chi connectivity index (χ3n) is 6.60. The molecule has 0 N–H and O–H groups in total. The van der Waals surface area contributed by atoms with Gasteiger partial charge in [0.1, 0.15) is 5.82 Å². The SMILES string of the molecule is CN(c1ccc2c(c1)nc(C(C)(C)C)n2CC1CCCC(F)(F)CC1)S(=O)(=O)N1CCCO1. The number of aromatic nitrogens is 2. The number of fused-ring (bicyclic) bond motifs is 1. The van der Waals surface area contributed by atoms with Crippen LogP contribution in [0.4, 0.5) is 14.5 Å². The molecular weight excluding hydrogens is 450 g/mol. The molecule has 2 heterocycles. The quantitative estimate of drug-likeness (QED) is 0.568. The standard InChI is InChI=1S/C23H34F2N4O3S/c1-22(2,3)21-26-19-15-18(27(4)33(30,31)29-13-6-14-32-29)8-9-20(19)28(21)16-17-7-5-11-23(24,25)12-10-17/h8-9,15,17H,5-7,10-14,16H2,1-4H3. The Bertz CT molecular complexity index is 1100. The number of nitrogens with zero attached hydrogens (tertiary/aromatic N) is 4. The van der Waals surface area contributed by atoms with Gasteiger partial charge in [-0.2, -0.15) is 8.42 Å². The van der Waals surface area contributed by atoms with Crippen LogP contribution >= 0.6 is 0 Å². The van der Waals surface area contributed by atoms with E-state index in [1.54, 1.807) is 12.1 Å². The zero-order chi connectivity index (χ0) is 24.0.